The number of amidine groups is 1. The van der Waals surface area contributed by atoms with Gasteiger partial charge >= 0.3 is 0 Å². The highest BCUT2D eigenvalue weighted by Gasteiger charge is 2.34. The van der Waals surface area contributed by atoms with E-state index >= 15 is 0 Å². The molecule has 0 saturated carbocycles. The Morgan fingerprint density at radius 2 is 1.29 bits per heavy atom. The smallest absolute Gasteiger partial charge is 0.230 e. The van der Waals surface area contributed by atoms with Gasteiger partial charge in [0.05, 0.1) is 17.1 Å². The Labute approximate surface area is 200 Å². The zero-order chi connectivity index (χ0) is 23.3. The van der Waals surface area contributed by atoms with Gasteiger partial charge in [-0.15, -0.1) is 5.10 Å². The number of anilines is 2. The number of hydrogen-bond donors (Lipinski definition) is 1. The maximum absolute atomic E-state index is 10.4. The molecular weight excluding hydrogens is 420 g/mol. The summed E-state index contributed by atoms with van der Waals surface area (Å²) in [5.41, 5.74) is 3.37. The molecule has 1 saturated heterocycles. The largest absolute Gasteiger partial charge is 0.341 e. The third kappa shape index (κ3) is 4.04. The number of guanidine groups is 1. The average molecular weight is 447 g/mol. The van der Waals surface area contributed by atoms with Crippen molar-refractivity contribution >= 4 is 28.9 Å². The van der Waals surface area contributed by atoms with Gasteiger partial charge < -0.3 is 4.90 Å². The molecule has 2 aliphatic heterocycles. The SMILES string of the molecule is N#CC1=C(c2ccccc2)N(c2ccccc2)N=C(N2CCCCC2)N(c2ccccc2)C1=N. The van der Waals surface area contributed by atoms with Crippen LogP contribution >= 0.6 is 0 Å². The number of nitrogens with zero attached hydrogens (tertiary/aromatic N) is 5. The Balaban J connectivity index is 1.79. The van der Waals surface area contributed by atoms with E-state index in [0.717, 1.165) is 42.9 Å². The maximum atomic E-state index is 10.4. The van der Waals surface area contributed by atoms with Crippen LogP contribution in [-0.2, 0) is 0 Å². The number of benzene rings is 3. The van der Waals surface area contributed by atoms with E-state index in [-0.39, 0.29) is 11.4 Å². The first-order valence-corrected chi connectivity index (χ1v) is 11.6. The Morgan fingerprint density at radius 3 is 1.88 bits per heavy atom. The third-order valence-corrected chi connectivity index (χ3v) is 6.11. The van der Waals surface area contributed by atoms with E-state index in [1.807, 2.05) is 101 Å². The molecule has 0 aromatic heterocycles. The van der Waals surface area contributed by atoms with Crippen LogP contribution < -0.4 is 9.91 Å². The number of para-hydroxylation sites is 2. The maximum Gasteiger partial charge on any atom is 0.230 e. The van der Waals surface area contributed by atoms with Gasteiger partial charge in [0.1, 0.15) is 11.6 Å². The molecule has 3 aromatic rings. The summed E-state index contributed by atoms with van der Waals surface area (Å²) < 4.78 is 0. The quantitative estimate of drug-likeness (QED) is 0.562. The molecule has 6 nitrogen and oxygen atoms in total. The van der Waals surface area contributed by atoms with E-state index in [2.05, 4.69) is 11.0 Å². The van der Waals surface area contributed by atoms with Gasteiger partial charge in [-0.05, 0) is 43.5 Å². The van der Waals surface area contributed by atoms with Crippen LogP contribution in [0.25, 0.3) is 5.70 Å². The van der Waals surface area contributed by atoms with Gasteiger partial charge in [-0.25, -0.2) is 5.01 Å². The zero-order valence-corrected chi connectivity index (χ0v) is 18.9. The zero-order valence-electron chi connectivity index (χ0n) is 18.9. The van der Waals surface area contributed by atoms with E-state index in [1.165, 1.54) is 6.42 Å². The van der Waals surface area contributed by atoms with Crippen molar-refractivity contribution in [2.75, 3.05) is 23.0 Å². The van der Waals surface area contributed by atoms with Crippen molar-refractivity contribution in [3.8, 4) is 6.07 Å². The summed E-state index contributed by atoms with van der Waals surface area (Å²) in [5, 5.41) is 26.7. The summed E-state index contributed by atoms with van der Waals surface area (Å²) in [5.74, 6) is 0.786. The first-order valence-electron chi connectivity index (χ1n) is 11.6. The molecule has 0 radical (unpaired) electrons. The number of piperidine rings is 1. The minimum absolute atomic E-state index is 0.121. The fraction of sp³-hybridized carbons (Fsp3) is 0.179. The van der Waals surface area contributed by atoms with Gasteiger partial charge in [-0.3, -0.25) is 10.3 Å². The lowest BCUT2D eigenvalue weighted by Gasteiger charge is -2.35. The number of likely N-dealkylation sites (tertiary alicyclic amines) is 1. The lowest BCUT2D eigenvalue weighted by atomic mass is 10.0. The van der Waals surface area contributed by atoms with Crippen molar-refractivity contribution in [1.29, 1.82) is 10.7 Å². The van der Waals surface area contributed by atoms with Crippen molar-refractivity contribution in [1.82, 2.24) is 4.90 Å². The molecule has 2 heterocycles. The highest BCUT2D eigenvalue weighted by molar-refractivity contribution is 6.28. The van der Waals surface area contributed by atoms with Crippen molar-refractivity contribution in [2.24, 2.45) is 5.10 Å². The van der Waals surface area contributed by atoms with Gasteiger partial charge in [0.2, 0.25) is 5.96 Å². The molecule has 3 aromatic carbocycles. The molecule has 0 unspecified atom stereocenters. The van der Waals surface area contributed by atoms with Crippen molar-refractivity contribution < 1.29 is 0 Å². The molecule has 0 atom stereocenters. The molecule has 168 valence electrons. The fourth-order valence-corrected chi connectivity index (χ4v) is 4.46. The van der Waals surface area contributed by atoms with Crippen LogP contribution in [0.4, 0.5) is 11.4 Å². The molecule has 0 spiro atoms. The molecule has 0 bridgehead atoms. The molecule has 6 heteroatoms. The second-order valence-electron chi connectivity index (χ2n) is 8.32. The minimum Gasteiger partial charge on any atom is -0.341 e. The number of nitriles is 1. The number of hydrazone groups is 1. The summed E-state index contributed by atoms with van der Waals surface area (Å²) in [6, 6.07) is 31.7. The van der Waals surface area contributed by atoms with Gasteiger partial charge in [0, 0.05) is 18.7 Å². The lowest BCUT2D eigenvalue weighted by Crippen LogP contribution is -2.49. The second-order valence-corrected chi connectivity index (χ2v) is 8.32. The van der Waals surface area contributed by atoms with Crippen LogP contribution in [0.15, 0.2) is 102 Å². The molecule has 5 rings (SSSR count). The number of nitrogens with one attached hydrogen (secondary N) is 1. The highest BCUT2D eigenvalue weighted by Crippen LogP contribution is 2.34. The van der Waals surface area contributed by atoms with Gasteiger partial charge in [-0.2, -0.15) is 5.26 Å². The van der Waals surface area contributed by atoms with Crippen LogP contribution in [0.2, 0.25) is 0 Å². The van der Waals surface area contributed by atoms with E-state index in [4.69, 9.17) is 5.10 Å². The van der Waals surface area contributed by atoms with Crippen LogP contribution in [0.5, 0.6) is 0 Å². The van der Waals surface area contributed by atoms with Crippen molar-refractivity contribution in [2.45, 2.75) is 19.3 Å². The molecule has 34 heavy (non-hydrogen) atoms. The summed E-state index contributed by atoms with van der Waals surface area (Å²) in [6.07, 6.45) is 3.33. The highest BCUT2D eigenvalue weighted by atomic mass is 15.6. The van der Waals surface area contributed by atoms with Crippen molar-refractivity contribution in [3.63, 3.8) is 0 Å². The first kappa shape index (κ1) is 21.5. The summed E-state index contributed by atoms with van der Waals surface area (Å²) in [7, 11) is 0. The predicted molar refractivity (Wildman–Crippen MR) is 137 cm³/mol. The average Bonchev–Trinajstić information content (AvgIpc) is 3.04. The minimum atomic E-state index is 0.121. The monoisotopic (exact) mass is 446 g/mol. The second kappa shape index (κ2) is 9.63. The van der Waals surface area contributed by atoms with Crippen molar-refractivity contribution in [3.05, 3.63) is 102 Å². The Kier molecular flexibility index (Phi) is 6.09. The molecule has 1 fully saturated rings. The van der Waals surface area contributed by atoms with Crippen LogP contribution in [0.3, 0.4) is 0 Å². The van der Waals surface area contributed by atoms with E-state index < -0.39 is 0 Å². The lowest BCUT2D eigenvalue weighted by molar-refractivity contribution is 0.338. The molecule has 0 aliphatic carbocycles. The van der Waals surface area contributed by atoms with Gasteiger partial charge in [-0.1, -0.05) is 66.7 Å². The summed E-state index contributed by atoms with van der Waals surface area (Å²) >= 11 is 0. The van der Waals surface area contributed by atoms with Gasteiger partial charge in [0.15, 0.2) is 5.84 Å². The first-order chi connectivity index (χ1) is 16.8. The standard InChI is InChI=1S/C28H26N6/c29-21-25-26(22-13-5-1-6-14-22)34(24-17-9-3-10-18-24)31-28(32-19-11-4-12-20-32)33(27(25)30)23-15-7-2-8-16-23/h1-3,5-10,13-18,30H,4,11-12,19-20H2. The normalized spacial score (nSPS) is 16.7. The van der Waals surface area contributed by atoms with Crippen LogP contribution in [0, 0.1) is 16.7 Å². The van der Waals surface area contributed by atoms with Gasteiger partial charge in [0.25, 0.3) is 0 Å². The van der Waals surface area contributed by atoms with E-state index in [0.29, 0.717) is 11.7 Å². The Morgan fingerprint density at radius 1 is 0.735 bits per heavy atom. The Bertz CT molecular complexity index is 1250. The van der Waals surface area contributed by atoms with Crippen LogP contribution in [-0.4, -0.2) is 29.8 Å². The topological polar surface area (TPSA) is 69.7 Å². The molecular formula is C28H26N6. The Hall–Kier alpha value is -4.37. The number of rotatable bonds is 3. The predicted octanol–water partition coefficient (Wildman–Crippen LogP) is 5.68. The fourth-order valence-electron chi connectivity index (χ4n) is 4.46. The van der Waals surface area contributed by atoms with E-state index in [9.17, 15) is 10.7 Å². The van der Waals surface area contributed by atoms with E-state index in [1.54, 1.807) is 0 Å². The molecule has 2 aliphatic rings. The third-order valence-electron chi connectivity index (χ3n) is 6.11. The molecule has 0 amide bonds. The summed E-state index contributed by atoms with van der Waals surface area (Å²) in [6.45, 7) is 1.72. The summed E-state index contributed by atoms with van der Waals surface area (Å²) in [4.78, 5) is 4.06. The molecule has 1 N–H and O–H groups in total. The van der Waals surface area contributed by atoms with Crippen LogP contribution in [0.1, 0.15) is 24.8 Å². The number of hydrogen-bond acceptors (Lipinski definition) is 5.